The molecule has 2 N–H and O–H groups in total. The SMILES string of the molecule is Cc1ccc2cc(CN)ccc2c1. The molecule has 0 atom stereocenters. The van der Waals surface area contributed by atoms with Crippen LogP contribution in [-0.4, -0.2) is 0 Å². The third-order valence-corrected chi connectivity index (χ3v) is 2.30. The summed E-state index contributed by atoms with van der Waals surface area (Å²) in [7, 11) is 0. The first-order valence-corrected chi connectivity index (χ1v) is 4.49. The Morgan fingerprint density at radius 1 is 1.00 bits per heavy atom. The van der Waals surface area contributed by atoms with Crippen LogP contribution < -0.4 is 5.73 Å². The van der Waals surface area contributed by atoms with Gasteiger partial charge in [-0.1, -0.05) is 35.9 Å². The van der Waals surface area contributed by atoms with E-state index in [1.165, 1.54) is 21.9 Å². The Balaban J connectivity index is 2.66. The molecule has 0 fully saturated rings. The van der Waals surface area contributed by atoms with Gasteiger partial charge in [0.1, 0.15) is 0 Å². The van der Waals surface area contributed by atoms with Gasteiger partial charge in [-0.15, -0.1) is 0 Å². The van der Waals surface area contributed by atoms with Gasteiger partial charge >= 0.3 is 0 Å². The molecule has 0 aromatic heterocycles. The second-order valence-corrected chi connectivity index (χ2v) is 3.39. The van der Waals surface area contributed by atoms with Gasteiger partial charge in [0.2, 0.25) is 0 Å². The monoisotopic (exact) mass is 171 g/mol. The van der Waals surface area contributed by atoms with Crippen LogP contribution in [0.2, 0.25) is 0 Å². The van der Waals surface area contributed by atoms with Gasteiger partial charge in [-0.2, -0.15) is 0 Å². The summed E-state index contributed by atoms with van der Waals surface area (Å²) >= 11 is 0. The van der Waals surface area contributed by atoms with Crippen molar-refractivity contribution in [3.05, 3.63) is 47.5 Å². The molecule has 13 heavy (non-hydrogen) atoms. The number of benzene rings is 2. The largest absolute Gasteiger partial charge is 0.326 e. The minimum Gasteiger partial charge on any atom is -0.326 e. The zero-order chi connectivity index (χ0) is 9.26. The predicted octanol–water partition coefficient (Wildman–Crippen LogP) is 2.61. The number of hydrogen-bond donors (Lipinski definition) is 1. The van der Waals surface area contributed by atoms with Crippen LogP contribution in [0.25, 0.3) is 10.8 Å². The molecule has 0 heterocycles. The fourth-order valence-electron chi connectivity index (χ4n) is 1.54. The minimum atomic E-state index is 0.615. The van der Waals surface area contributed by atoms with Crippen LogP contribution in [0.4, 0.5) is 0 Å². The summed E-state index contributed by atoms with van der Waals surface area (Å²) in [5.74, 6) is 0. The van der Waals surface area contributed by atoms with Gasteiger partial charge in [0, 0.05) is 6.54 Å². The number of fused-ring (bicyclic) bond motifs is 1. The van der Waals surface area contributed by atoms with E-state index in [0.717, 1.165) is 0 Å². The number of aryl methyl sites for hydroxylation is 1. The van der Waals surface area contributed by atoms with E-state index in [2.05, 4.69) is 43.3 Å². The molecule has 0 saturated carbocycles. The molecule has 0 unspecified atom stereocenters. The van der Waals surface area contributed by atoms with Crippen molar-refractivity contribution < 1.29 is 0 Å². The van der Waals surface area contributed by atoms with E-state index in [4.69, 9.17) is 5.73 Å². The maximum absolute atomic E-state index is 5.57. The van der Waals surface area contributed by atoms with Crippen molar-refractivity contribution >= 4 is 10.8 Å². The van der Waals surface area contributed by atoms with Gasteiger partial charge in [0.15, 0.2) is 0 Å². The van der Waals surface area contributed by atoms with E-state index >= 15 is 0 Å². The van der Waals surface area contributed by atoms with E-state index in [9.17, 15) is 0 Å². The number of nitrogens with two attached hydrogens (primary N) is 1. The number of hydrogen-bond acceptors (Lipinski definition) is 1. The Morgan fingerprint density at radius 2 is 1.69 bits per heavy atom. The Labute approximate surface area is 78.2 Å². The third kappa shape index (κ3) is 1.56. The lowest BCUT2D eigenvalue weighted by Gasteiger charge is -2.01. The van der Waals surface area contributed by atoms with Crippen molar-refractivity contribution in [1.82, 2.24) is 0 Å². The Bertz CT molecular complexity index is 432. The predicted molar refractivity (Wildman–Crippen MR) is 56.6 cm³/mol. The molecule has 0 saturated heterocycles. The lowest BCUT2D eigenvalue weighted by Crippen LogP contribution is -1.95. The molecule has 2 rings (SSSR count). The molecule has 0 aliphatic carbocycles. The van der Waals surface area contributed by atoms with E-state index < -0.39 is 0 Å². The van der Waals surface area contributed by atoms with Gasteiger partial charge < -0.3 is 5.73 Å². The molecule has 2 aromatic carbocycles. The quantitative estimate of drug-likeness (QED) is 0.701. The topological polar surface area (TPSA) is 26.0 Å². The van der Waals surface area contributed by atoms with Crippen molar-refractivity contribution in [3.63, 3.8) is 0 Å². The highest BCUT2D eigenvalue weighted by Gasteiger charge is 1.94. The normalized spacial score (nSPS) is 10.6. The zero-order valence-electron chi connectivity index (χ0n) is 7.75. The Morgan fingerprint density at radius 3 is 2.46 bits per heavy atom. The standard InChI is InChI=1S/C12H13N/c1-9-2-4-12-7-10(8-13)3-5-11(12)6-9/h2-7H,8,13H2,1H3. The molecule has 0 aliphatic rings. The molecule has 2 aromatic rings. The van der Waals surface area contributed by atoms with Gasteiger partial charge in [0.05, 0.1) is 0 Å². The summed E-state index contributed by atoms with van der Waals surface area (Å²) in [5, 5.41) is 2.56. The van der Waals surface area contributed by atoms with E-state index in [-0.39, 0.29) is 0 Å². The van der Waals surface area contributed by atoms with E-state index in [1.54, 1.807) is 0 Å². The first-order valence-electron chi connectivity index (χ1n) is 4.49. The maximum atomic E-state index is 5.57. The maximum Gasteiger partial charge on any atom is 0.0178 e. The van der Waals surface area contributed by atoms with Crippen molar-refractivity contribution in [2.75, 3.05) is 0 Å². The molecule has 1 nitrogen and oxygen atoms in total. The van der Waals surface area contributed by atoms with Crippen molar-refractivity contribution in [3.8, 4) is 0 Å². The third-order valence-electron chi connectivity index (χ3n) is 2.30. The summed E-state index contributed by atoms with van der Waals surface area (Å²) in [6.07, 6.45) is 0. The number of rotatable bonds is 1. The fraction of sp³-hybridized carbons (Fsp3) is 0.167. The van der Waals surface area contributed by atoms with Gasteiger partial charge in [-0.25, -0.2) is 0 Å². The smallest absolute Gasteiger partial charge is 0.0178 e. The van der Waals surface area contributed by atoms with Crippen LogP contribution in [0.5, 0.6) is 0 Å². The molecule has 0 aliphatic heterocycles. The highest BCUT2D eigenvalue weighted by Crippen LogP contribution is 2.17. The van der Waals surface area contributed by atoms with Crippen LogP contribution in [0.15, 0.2) is 36.4 Å². The van der Waals surface area contributed by atoms with Crippen LogP contribution in [0.3, 0.4) is 0 Å². The fourth-order valence-corrected chi connectivity index (χ4v) is 1.54. The van der Waals surface area contributed by atoms with Gasteiger partial charge in [0.25, 0.3) is 0 Å². The molecule has 0 amide bonds. The summed E-state index contributed by atoms with van der Waals surface area (Å²) < 4.78 is 0. The molecule has 0 bridgehead atoms. The zero-order valence-corrected chi connectivity index (χ0v) is 7.75. The summed E-state index contributed by atoms with van der Waals surface area (Å²) in [4.78, 5) is 0. The van der Waals surface area contributed by atoms with Crippen LogP contribution in [0, 0.1) is 6.92 Å². The molecule has 1 heteroatoms. The summed E-state index contributed by atoms with van der Waals surface area (Å²) in [6.45, 7) is 2.72. The van der Waals surface area contributed by atoms with E-state index in [0.29, 0.717) is 6.54 Å². The van der Waals surface area contributed by atoms with Gasteiger partial charge in [-0.05, 0) is 29.3 Å². The van der Waals surface area contributed by atoms with E-state index in [1.807, 2.05) is 0 Å². The second-order valence-electron chi connectivity index (χ2n) is 3.39. The lowest BCUT2D eigenvalue weighted by atomic mass is 10.1. The minimum absolute atomic E-state index is 0.615. The average molecular weight is 171 g/mol. The van der Waals surface area contributed by atoms with Crippen molar-refractivity contribution in [2.45, 2.75) is 13.5 Å². The molecule has 66 valence electrons. The second kappa shape index (κ2) is 3.19. The summed E-state index contributed by atoms with van der Waals surface area (Å²) in [5.41, 5.74) is 8.06. The molecular formula is C12H13N. The first-order chi connectivity index (χ1) is 6.29. The first kappa shape index (κ1) is 8.27. The Hall–Kier alpha value is -1.34. The highest BCUT2D eigenvalue weighted by molar-refractivity contribution is 5.83. The Kier molecular flexibility index (Phi) is 2.03. The van der Waals surface area contributed by atoms with Crippen LogP contribution in [-0.2, 0) is 6.54 Å². The van der Waals surface area contributed by atoms with Crippen molar-refractivity contribution in [1.29, 1.82) is 0 Å². The molecule has 0 spiro atoms. The van der Waals surface area contributed by atoms with Gasteiger partial charge in [-0.3, -0.25) is 0 Å². The van der Waals surface area contributed by atoms with Crippen molar-refractivity contribution in [2.24, 2.45) is 5.73 Å². The van der Waals surface area contributed by atoms with Crippen LogP contribution >= 0.6 is 0 Å². The molecular weight excluding hydrogens is 158 g/mol. The highest BCUT2D eigenvalue weighted by atomic mass is 14.5. The summed E-state index contributed by atoms with van der Waals surface area (Å²) in [6, 6.07) is 12.8. The van der Waals surface area contributed by atoms with Crippen LogP contribution in [0.1, 0.15) is 11.1 Å². The molecule has 0 radical (unpaired) electrons. The lowest BCUT2D eigenvalue weighted by molar-refractivity contribution is 1.08. The average Bonchev–Trinajstić information content (AvgIpc) is 2.17.